The number of amides is 2. The molecule has 0 fully saturated rings. The molecule has 0 aliphatic carbocycles. The molecule has 0 saturated heterocycles. The molecule has 7 heteroatoms. The van der Waals surface area contributed by atoms with E-state index >= 15 is 0 Å². The lowest BCUT2D eigenvalue weighted by atomic mass is 10.1. The quantitative estimate of drug-likeness (QED) is 0.427. The van der Waals surface area contributed by atoms with Gasteiger partial charge in [-0.05, 0) is 42.3 Å². The maximum absolute atomic E-state index is 12.8. The number of ether oxygens (including phenoxy) is 1. The highest BCUT2D eigenvalue weighted by atomic mass is 16.5. The Hall–Kier alpha value is -3.71. The maximum Gasteiger partial charge on any atom is 0.252 e. The van der Waals surface area contributed by atoms with Gasteiger partial charge in [-0.25, -0.2) is 0 Å². The molecule has 1 aromatic heterocycles. The number of hydrogen-bond donors (Lipinski definition) is 3. The lowest BCUT2D eigenvalue weighted by Crippen LogP contribution is -2.49. The molecule has 0 spiro atoms. The monoisotopic (exact) mass is 432 g/mol. The number of hydrogen-bond acceptors (Lipinski definition) is 5. The highest BCUT2D eigenvalue weighted by molar-refractivity contribution is 5.98. The average molecular weight is 433 g/mol. The summed E-state index contributed by atoms with van der Waals surface area (Å²) in [5.41, 5.74) is 9.59. The van der Waals surface area contributed by atoms with Gasteiger partial charge in [-0.15, -0.1) is 0 Å². The predicted molar refractivity (Wildman–Crippen MR) is 124 cm³/mol. The predicted octanol–water partition coefficient (Wildman–Crippen LogP) is 2.65. The summed E-state index contributed by atoms with van der Waals surface area (Å²) in [5.74, 6) is -0.702. The van der Waals surface area contributed by atoms with E-state index in [9.17, 15) is 9.59 Å². The Kier molecular flexibility index (Phi) is 8.34. The smallest absolute Gasteiger partial charge is 0.252 e. The van der Waals surface area contributed by atoms with E-state index in [0.717, 1.165) is 16.8 Å². The molecule has 0 bridgehead atoms. The molecule has 32 heavy (non-hydrogen) atoms. The van der Waals surface area contributed by atoms with Crippen molar-refractivity contribution in [3.05, 3.63) is 95.3 Å². The molecule has 1 atom stereocenters. The zero-order valence-corrected chi connectivity index (χ0v) is 18.1. The number of aryl methyl sites for hydroxylation is 1. The second-order valence-corrected chi connectivity index (χ2v) is 7.46. The van der Waals surface area contributed by atoms with Gasteiger partial charge in [0.1, 0.15) is 6.04 Å². The minimum absolute atomic E-state index is 0.0391. The van der Waals surface area contributed by atoms with E-state index in [0.29, 0.717) is 30.8 Å². The summed E-state index contributed by atoms with van der Waals surface area (Å²) in [4.78, 5) is 29.8. The standard InChI is InChI=1S/C25H28N4O3/c1-18-10-11-20(15-22(18)26)24(30)29-23(17-32-16-19-7-3-2-4-8-19)25(31)28-14-12-21-9-5-6-13-27-21/h2-11,13,15,23H,12,14,16-17,26H2,1H3,(H,28,31)(H,29,30)/t23-/m1/s1. The second kappa shape index (κ2) is 11.6. The Balaban J connectivity index is 1.61. The SMILES string of the molecule is Cc1ccc(C(=O)N[C@H](COCc2ccccc2)C(=O)NCCc2ccccn2)cc1N. The van der Waals surface area contributed by atoms with Crippen LogP contribution >= 0.6 is 0 Å². The first-order chi connectivity index (χ1) is 15.5. The summed E-state index contributed by atoms with van der Waals surface area (Å²) in [5, 5.41) is 5.63. The van der Waals surface area contributed by atoms with Crippen molar-refractivity contribution in [3.63, 3.8) is 0 Å². The van der Waals surface area contributed by atoms with Crippen molar-refractivity contribution < 1.29 is 14.3 Å². The molecule has 7 nitrogen and oxygen atoms in total. The molecule has 0 saturated carbocycles. The van der Waals surface area contributed by atoms with Crippen LogP contribution in [0.3, 0.4) is 0 Å². The molecule has 2 aromatic carbocycles. The van der Waals surface area contributed by atoms with E-state index in [1.165, 1.54) is 0 Å². The summed E-state index contributed by atoms with van der Waals surface area (Å²) in [6.07, 6.45) is 2.30. The molecule has 0 aliphatic rings. The number of pyridine rings is 1. The van der Waals surface area contributed by atoms with E-state index in [4.69, 9.17) is 10.5 Å². The van der Waals surface area contributed by atoms with Gasteiger partial charge in [-0.3, -0.25) is 14.6 Å². The van der Waals surface area contributed by atoms with Gasteiger partial charge < -0.3 is 21.1 Å². The van der Waals surface area contributed by atoms with Crippen LogP contribution < -0.4 is 16.4 Å². The maximum atomic E-state index is 12.8. The summed E-state index contributed by atoms with van der Waals surface area (Å²) in [6.45, 7) is 2.65. The minimum atomic E-state index is -0.850. The van der Waals surface area contributed by atoms with E-state index in [1.807, 2.05) is 55.5 Å². The van der Waals surface area contributed by atoms with Gasteiger partial charge >= 0.3 is 0 Å². The Bertz CT molecular complexity index is 1030. The van der Waals surface area contributed by atoms with Gasteiger partial charge in [0.15, 0.2) is 0 Å². The molecule has 0 radical (unpaired) electrons. The van der Waals surface area contributed by atoms with Crippen molar-refractivity contribution >= 4 is 17.5 Å². The summed E-state index contributed by atoms with van der Waals surface area (Å²) >= 11 is 0. The number of nitrogens with one attached hydrogen (secondary N) is 2. The molecule has 1 heterocycles. The number of benzene rings is 2. The molecular weight excluding hydrogens is 404 g/mol. The van der Waals surface area contributed by atoms with Gasteiger partial charge in [0, 0.05) is 36.1 Å². The third-order valence-electron chi connectivity index (χ3n) is 4.97. The summed E-state index contributed by atoms with van der Waals surface area (Å²) in [6, 6.07) is 19.5. The number of nitrogens with two attached hydrogens (primary N) is 1. The highest BCUT2D eigenvalue weighted by Crippen LogP contribution is 2.13. The number of nitrogen functional groups attached to an aromatic ring is 1. The zero-order chi connectivity index (χ0) is 22.8. The van der Waals surface area contributed by atoms with Crippen molar-refractivity contribution in [1.82, 2.24) is 15.6 Å². The molecule has 4 N–H and O–H groups in total. The van der Waals surface area contributed by atoms with Crippen LogP contribution in [0.5, 0.6) is 0 Å². The third-order valence-corrected chi connectivity index (χ3v) is 4.97. The van der Waals surface area contributed by atoms with Crippen LogP contribution in [0, 0.1) is 6.92 Å². The summed E-state index contributed by atoms with van der Waals surface area (Å²) < 4.78 is 5.73. The Morgan fingerprint density at radius 1 is 1.06 bits per heavy atom. The Labute approximate surface area is 188 Å². The van der Waals surface area contributed by atoms with Crippen LogP contribution in [0.15, 0.2) is 72.9 Å². The summed E-state index contributed by atoms with van der Waals surface area (Å²) in [7, 11) is 0. The fourth-order valence-corrected chi connectivity index (χ4v) is 3.06. The largest absolute Gasteiger partial charge is 0.398 e. The molecule has 0 aliphatic heterocycles. The van der Waals surface area contributed by atoms with Gasteiger partial charge in [-0.1, -0.05) is 42.5 Å². The number of aromatic nitrogens is 1. The fourth-order valence-electron chi connectivity index (χ4n) is 3.06. The number of anilines is 1. The molecule has 3 rings (SSSR count). The van der Waals surface area contributed by atoms with Crippen molar-refractivity contribution in [1.29, 1.82) is 0 Å². The second-order valence-electron chi connectivity index (χ2n) is 7.46. The van der Waals surface area contributed by atoms with Crippen LogP contribution in [0.1, 0.15) is 27.2 Å². The van der Waals surface area contributed by atoms with E-state index in [-0.39, 0.29) is 18.4 Å². The topological polar surface area (TPSA) is 106 Å². The third kappa shape index (κ3) is 6.92. The highest BCUT2D eigenvalue weighted by Gasteiger charge is 2.22. The normalized spacial score (nSPS) is 11.5. The molecule has 3 aromatic rings. The van der Waals surface area contributed by atoms with Gasteiger partial charge in [0.2, 0.25) is 5.91 Å². The first-order valence-corrected chi connectivity index (χ1v) is 10.5. The van der Waals surface area contributed by atoms with Crippen molar-refractivity contribution in [2.45, 2.75) is 26.0 Å². The lowest BCUT2D eigenvalue weighted by molar-refractivity contribution is -0.124. The van der Waals surface area contributed by atoms with Crippen molar-refractivity contribution in [2.24, 2.45) is 0 Å². The fraction of sp³-hybridized carbons (Fsp3) is 0.240. The zero-order valence-electron chi connectivity index (χ0n) is 18.1. The van der Waals surface area contributed by atoms with Crippen LogP contribution in [0.4, 0.5) is 5.69 Å². The van der Waals surface area contributed by atoms with E-state index in [1.54, 1.807) is 24.4 Å². The molecular formula is C25H28N4O3. The first-order valence-electron chi connectivity index (χ1n) is 10.5. The van der Waals surface area contributed by atoms with Crippen LogP contribution in [0.2, 0.25) is 0 Å². The number of carbonyl (C=O) groups excluding carboxylic acids is 2. The number of nitrogens with zero attached hydrogens (tertiary/aromatic N) is 1. The van der Waals surface area contributed by atoms with Crippen molar-refractivity contribution in [2.75, 3.05) is 18.9 Å². The van der Waals surface area contributed by atoms with Crippen molar-refractivity contribution in [3.8, 4) is 0 Å². The average Bonchev–Trinajstić information content (AvgIpc) is 2.81. The minimum Gasteiger partial charge on any atom is -0.398 e. The Morgan fingerprint density at radius 3 is 2.56 bits per heavy atom. The number of rotatable bonds is 10. The molecule has 0 unspecified atom stereocenters. The van der Waals surface area contributed by atoms with Gasteiger partial charge in [-0.2, -0.15) is 0 Å². The molecule has 2 amide bonds. The van der Waals surface area contributed by atoms with Crippen LogP contribution in [-0.2, 0) is 22.6 Å². The van der Waals surface area contributed by atoms with E-state index < -0.39 is 6.04 Å². The van der Waals surface area contributed by atoms with Crippen LogP contribution in [0.25, 0.3) is 0 Å². The Morgan fingerprint density at radius 2 is 1.84 bits per heavy atom. The number of carbonyl (C=O) groups is 2. The van der Waals surface area contributed by atoms with Crippen LogP contribution in [-0.4, -0.2) is 36.0 Å². The van der Waals surface area contributed by atoms with E-state index in [2.05, 4.69) is 15.6 Å². The lowest BCUT2D eigenvalue weighted by Gasteiger charge is -2.19. The molecule has 166 valence electrons. The van der Waals surface area contributed by atoms with Gasteiger partial charge in [0.25, 0.3) is 5.91 Å². The van der Waals surface area contributed by atoms with Gasteiger partial charge in [0.05, 0.1) is 13.2 Å². The first kappa shape index (κ1) is 23.0.